The van der Waals surface area contributed by atoms with E-state index in [0.29, 0.717) is 16.7 Å². The van der Waals surface area contributed by atoms with Gasteiger partial charge in [0.1, 0.15) is 6.04 Å². The van der Waals surface area contributed by atoms with Crippen LogP contribution in [0.4, 0.5) is 0 Å². The minimum Gasteiger partial charge on any atom is -0.480 e. The fourth-order valence-electron chi connectivity index (χ4n) is 3.18. The maximum absolute atomic E-state index is 12.5. The van der Waals surface area contributed by atoms with Crippen molar-refractivity contribution in [3.63, 3.8) is 0 Å². The van der Waals surface area contributed by atoms with Gasteiger partial charge in [-0.15, -0.1) is 5.48 Å². The number of ketones is 1. The third kappa shape index (κ3) is 6.44. The van der Waals surface area contributed by atoms with Gasteiger partial charge in [-0.05, 0) is 12.0 Å². The summed E-state index contributed by atoms with van der Waals surface area (Å²) in [4.78, 5) is 64.7. The molecule has 2 N–H and O–H groups in total. The van der Waals surface area contributed by atoms with Crippen LogP contribution in [-0.2, 0) is 30.4 Å². The number of benzene rings is 2. The van der Waals surface area contributed by atoms with Crippen molar-refractivity contribution < 1.29 is 33.9 Å². The van der Waals surface area contributed by atoms with Crippen molar-refractivity contribution in [2.45, 2.75) is 25.3 Å². The van der Waals surface area contributed by atoms with Gasteiger partial charge >= 0.3 is 11.9 Å². The van der Waals surface area contributed by atoms with Crippen LogP contribution < -0.4 is 5.48 Å². The summed E-state index contributed by atoms with van der Waals surface area (Å²) in [5.41, 5.74) is 3.91. The molecule has 0 radical (unpaired) electrons. The van der Waals surface area contributed by atoms with Gasteiger partial charge in [0.25, 0.3) is 11.8 Å². The highest BCUT2D eigenvalue weighted by atomic mass is 16.7. The van der Waals surface area contributed by atoms with Gasteiger partial charge in [-0.2, -0.15) is 0 Å². The highest BCUT2D eigenvalue weighted by Gasteiger charge is 2.24. The number of imide groups is 1. The molecule has 0 saturated carbocycles. The van der Waals surface area contributed by atoms with Crippen molar-refractivity contribution >= 4 is 29.5 Å². The van der Waals surface area contributed by atoms with Crippen LogP contribution in [0.1, 0.15) is 34.3 Å². The lowest BCUT2D eigenvalue weighted by Gasteiger charge is -2.15. The number of aliphatic carboxylic acids is 1. The normalized spacial score (nSPS) is 13.8. The summed E-state index contributed by atoms with van der Waals surface area (Å²) in [7, 11) is 0. The van der Waals surface area contributed by atoms with E-state index in [0.717, 1.165) is 17.1 Å². The SMILES string of the molecule is O=C(CCCN1C(=O)C=CC1=O)ON[C@@H](Cc1ccc(C(=O)c2ccccc2)cc1)C(=O)O. The zero-order valence-corrected chi connectivity index (χ0v) is 17.6. The summed E-state index contributed by atoms with van der Waals surface area (Å²) in [6.45, 7) is 0.0657. The van der Waals surface area contributed by atoms with E-state index in [-0.39, 0.29) is 31.6 Å². The Bertz CT molecular complexity index is 1060. The van der Waals surface area contributed by atoms with Gasteiger partial charge in [0.05, 0.1) is 0 Å². The maximum atomic E-state index is 12.5. The molecule has 33 heavy (non-hydrogen) atoms. The second kappa shape index (κ2) is 11.0. The van der Waals surface area contributed by atoms with Crippen LogP contribution in [0, 0.1) is 0 Å². The maximum Gasteiger partial charge on any atom is 0.324 e. The van der Waals surface area contributed by atoms with Gasteiger partial charge < -0.3 is 9.94 Å². The smallest absolute Gasteiger partial charge is 0.324 e. The molecule has 1 atom stereocenters. The number of carboxylic acids is 1. The first-order chi connectivity index (χ1) is 15.8. The molecule has 1 heterocycles. The minimum atomic E-state index is -1.22. The molecule has 0 unspecified atom stereocenters. The number of carboxylic acid groups (broad SMARTS) is 1. The molecule has 0 aromatic heterocycles. The van der Waals surface area contributed by atoms with E-state index in [2.05, 4.69) is 5.48 Å². The first-order valence-corrected chi connectivity index (χ1v) is 10.3. The highest BCUT2D eigenvalue weighted by molar-refractivity contribution is 6.12. The molecule has 1 aliphatic heterocycles. The predicted molar refractivity (Wildman–Crippen MR) is 116 cm³/mol. The number of carbonyl (C=O) groups excluding carboxylic acids is 4. The monoisotopic (exact) mass is 450 g/mol. The number of rotatable bonds is 11. The largest absolute Gasteiger partial charge is 0.480 e. The molecule has 2 amide bonds. The standard InChI is InChI=1S/C24H22N2O7/c27-20-12-13-21(28)26(20)14-4-7-22(29)33-25-19(24(31)32)15-16-8-10-18(11-9-16)23(30)17-5-2-1-3-6-17/h1-3,5-6,8-13,19,25H,4,7,14-15H2,(H,31,32)/t19-/m0/s1. The lowest BCUT2D eigenvalue weighted by molar-refractivity contribution is -0.158. The molecule has 0 bridgehead atoms. The topological polar surface area (TPSA) is 130 Å². The number of hydrogen-bond acceptors (Lipinski definition) is 7. The van der Waals surface area contributed by atoms with Crippen LogP contribution in [0.15, 0.2) is 66.7 Å². The van der Waals surface area contributed by atoms with E-state index >= 15 is 0 Å². The van der Waals surface area contributed by atoms with E-state index in [1.54, 1.807) is 48.5 Å². The summed E-state index contributed by atoms with van der Waals surface area (Å²) >= 11 is 0. The summed E-state index contributed by atoms with van der Waals surface area (Å²) in [6.07, 6.45) is 2.42. The van der Waals surface area contributed by atoms with E-state index in [9.17, 15) is 29.1 Å². The molecule has 9 nitrogen and oxygen atoms in total. The number of hydroxylamine groups is 1. The Labute approximate surface area is 189 Å². The Hall–Kier alpha value is -4.11. The van der Waals surface area contributed by atoms with Gasteiger partial charge in [-0.3, -0.25) is 28.9 Å². The Balaban J connectivity index is 1.47. The fourth-order valence-corrected chi connectivity index (χ4v) is 3.18. The summed E-state index contributed by atoms with van der Waals surface area (Å²) in [5.74, 6) is -2.94. The molecule has 0 spiro atoms. The fraction of sp³-hybridized carbons (Fsp3) is 0.208. The molecule has 1 aliphatic rings. The van der Waals surface area contributed by atoms with Gasteiger partial charge in [0, 0.05) is 42.7 Å². The lowest BCUT2D eigenvalue weighted by Crippen LogP contribution is -2.40. The van der Waals surface area contributed by atoms with Gasteiger partial charge in [0.15, 0.2) is 5.78 Å². The third-order valence-corrected chi connectivity index (χ3v) is 4.97. The van der Waals surface area contributed by atoms with Crippen molar-refractivity contribution in [2.75, 3.05) is 6.54 Å². The van der Waals surface area contributed by atoms with Gasteiger partial charge in [-0.1, -0.05) is 54.6 Å². The molecule has 0 aliphatic carbocycles. The molecule has 2 aromatic carbocycles. The zero-order valence-electron chi connectivity index (χ0n) is 17.6. The predicted octanol–water partition coefficient (Wildman–Crippen LogP) is 1.67. The second-order valence-corrected chi connectivity index (χ2v) is 7.34. The van der Waals surface area contributed by atoms with E-state index in [1.807, 2.05) is 6.07 Å². The van der Waals surface area contributed by atoms with E-state index < -0.39 is 29.8 Å². The summed E-state index contributed by atoms with van der Waals surface area (Å²) in [5, 5.41) is 9.42. The quantitative estimate of drug-likeness (QED) is 0.300. The van der Waals surface area contributed by atoms with Crippen LogP contribution >= 0.6 is 0 Å². The van der Waals surface area contributed by atoms with Crippen molar-refractivity contribution in [3.05, 3.63) is 83.4 Å². The Morgan fingerprint density at radius 1 is 0.909 bits per heavy atom. The Morgan fingerprint density at radius 2 is 1.52 bits per heavy atom. The molecular formula is C24H22N2O7. The Morgan fingerprint density at radius 3 is 2.12 bits per heavy atom. The Kier molecular flexibility index (Phi) is 7.82. The molecule has 2 aromatic rings. The number of amides is 2. The van der Waals surface area contributed by atoms with Crippen LogP contribution in [0.3, 0.4) is 0 Å². The van der Waals surface area contributed by atoms with Crippen molar-refractivity contribution in [1.82, 2.24) is 10.4 Å². The number of hydrogen-bond donors (Lipinski definition) is 2. The number of carbonyl (C=O) groups is 5. The summed E-state index contributed by atoms with van der Waals surface area (Å²) < 4.78 is 0. The van der Waals surface area contributed by atoms with E-state index in [4.69, 9.17) is 4.84 Å². The average molecular weight is 450 g/mol. The first-order valence-electron chi connectivity index (χ1n) is 10.3. The zero-order chi connectivity index (χ0) is 23.8. The van der Waals surface area contributed by atoms with Crippen molar-refractivity contribution in [2.24, 2.45) is 0 Å². The van der Waals surface area contributed by atoms with Crippen LogP contribution in [0.2, 0.25) is 0 Å². The van der Waals surface area contributed by atoms with Crippen molar-refractivity contribution in [1.29, 1.82) is 0 Å². The van der Waals surface area contributed by atoms with E-state index in [1.165, 1.54) is 0 Å². The molecule has 170 valence electrons. The highest BCUT2D eigenvalue weighted by Crippen LogP contribution is 2.13. The van der Waals surface area contributed by atoms with Crippen LogP contribution in [-0.4, -0.2) is 52.1 Å². The van der Waals surface area contributed by atoms with Gasteiger partial charge in [0.2, 0.25) is 0 Å². The molecular weight excluding hydrogens is 428 g/mol. The minimum absolute atomic E-state index is 0.0187. The summed E-state index contributed by atoms with van der Waals surface area (Å²) in [6, 6.07) is 14.1. The molecule has 9 heteroatoms. The lowest BCUT2D eigenvalue weighted by atomic mass is 10.00. The second-order valence-electron chi connectivity index (χ2n) is 7.34. The third-order valence-electron chi connectivity index (χ3n) is 4.97. The molecule has 0 saturated heterocycles. The molecule has 3 rings (SSSR count). The number of nitrogens with one attached hydrogen (secondary N) is 1. The van der Waals surface area contributed by atoms with Crippen LogP contribution in [0.5, 0.6) is 0 Å². The van der Waals surface area contributed by atoms with Crippen molar-refractivity contribution in [3.8, 4) is 0 Å². The van der Waals surface area contributed by atoms with Gasteiger partial charge in [-0.25, -0.2) is 0 Å². The number of nitrogens with zero attached hydrogens (tertiary/aromatic N) is 1. The average Bonchev–Trinajstić information content (AvgIpc) is 3.14. The van der Waals surface area contributed by atoms with Crippen LogP contribution in [0.25, 0.3) is 0 Å². The molecule has 0 fully saturated rings. The first kappa shape index (κ1) is 23.6.